The zero-order valence-corrected chi connectivity index (χ0v) is 7.32. The van der Waals surface area contributed by atoms with Gasteiger partial charge in [0.2, 0.25) is 0 Å². The van der Waals surface area contributed by atoms with Crippen molar-refractivity contribution < 1.29 is 19.7 Å². The van der Waals surface area contributed by atoms with Gasteiger partial charge in [-0.1, -0.05) is 0 Å². The second-order valence-corrected chi connectivity index (χ2v) is 3.10. The van der Waals surface area contributed by atoms with E-state index >= 15 is 0 Å². The highest BCUT2D eigenvalue weighted by molar-refractivity contribution is 4.77. The number of hydrogen-bond donors (Lipinski definition) is 2. The smallest absolute Gasteiger partial charge is 0.170 e. The van der Waals surface area contributed by atoms with E-state index in [0.29, 0.717) is 19.6 Å². The van der Waals surface area contributed by atoms with Crippen LogP contribution in [0.3, 0.4) is 0 Å². The van der Waals surface area contributed by atoms with Gasteiger partial charge in [-0.25, -0.2) is 0 Å². The minimum Gasteiger partial charge on any atom is -0.396 e. The normalized spacial score (nSPS) is 24.2. The van der Waals surface area contributed by atoms with Gasteiger partial charge in [-0.3, -0.25) is 0 Å². The largest absolute Gasteiger partial charge is 0.396 e. The van der Waals surface area contributed by atoms with E-state index in [4.69, 9.17) is 19.7 Å². The van der Waals surface area contributed by atoms with Crippen molar-refractivity contribution in [2.75, 3.05) is 26.4 Å². The molecule has 0 aromatic carbocycles. The molecule has 1 aliphatic heterocycles. The molecule has 4 nitrogen and oxygen atoms in total. The molecule has 1 rings (SSSR count). The topological polar surface area (TPSA) is 58.9 Å². The summed E-state index contributed by atoms with van der Waals surface area (Å²) in [4.78, 5) is 0. The van der Waals surface area contributed by atoms with E-state index in [9.17, 15) is 0 Å². The van der Waals surface area contributed by atoms with Gasteiger partial charge in [-0.15, -0.1) is 0 Å². The van der Waals surface area contributed by atoms with Crippen LogP contribution in [0, 0.1) is 5.92 Å². The second-order valence-electron chi connectivity index (χ2n) is 3.10. The molecule has 1 fully saturated rings. The molecule has 1 saturated heterocycles. The Morgan fingerprint density at radius 2 is 1.92 bits per heavy atom. The number of aliphatic hydroxyl groups is 2. The second kappa shape index (κ2) is 4.18. The van der Waals surface area contributed by atoms with Gasteiger partial charge >= 0.3 is 0 Å². The fourth-order valence-electron chi connectivity index (χ4n) is 1.44. The highest BCUT2D eigenvalue weighted by Gasteiger charge is 2.38. The Morgan fingerprint density at radius 3 is 2.33 bits per heavy atom. The first-order valence-electron chi connectivity index (χ1n) is 4.22. The summed E-state index contributed by atoms with van der Waals surface area (Å²) >= 11 is 0. The fourth-order valence-corrected chi connectivity index (χ4v) is 1.44. The molecular weight excluding hydrogens is 160 g/mol. The van der Waals surface area contributed by atoms with Gasteiger partial charge in [0.25, 0.3) is 0 Å². The summed E-state index contributed by atoms with van der Waals surface area (Å²) in [6, 6.07) is 0. The van der Waals surface area contributed by atoms with Gasteiger partial charge in [0.1, 0.15) is 0 Å². The minimum absolute atomic E-state index is 0.0168. The van der Waals surface area contributed by atoms with Crippen LogP contribution in [0.4, 0.5) is 0 Å². The first kappa shape index (κ1) is 9.92. The van der Waals surface area contributed by atoms with Crippen LogP contribution in [0.25, 0.3) is 0 Å². The van der Waals surface area contributed by atoms with Crippen molar-refractivity contribution >= 4 is 0 Å². The van der Waals surface area contributed by atoms with Crippen molar-refractivity contribution in [3.63, 3.8) is 0 Å². The number of rotatable bonds is 4. The van der Waals surface area contributed by atoms with E-state index in [-0.39, 0.29) is 19.1 Å². The molecule has 1 atom stereocenters. The molecular formula is C8H16O4. The maximum absolute atomic E-state index is 9.01. The summed E-state index contributed by atoms with van der Waals surface area (Å²) < 4.78 is 10.7. The molecule has 12 heavy (non-hydrogen) atoms. The molecule has 0 aliphatic carbocycles. The van der Waals surface area contributed by atoms with Crippen LogP contribution in [0.5, 0.6) is 0 Å². The van der Waals surface area contributed by atoms with E-state index < -0.39 is 5.79 Å². The van der Waals surface area contributed by atoms with Crippen LogP contribution < -0.4 is 0 Å². The summed E-state index contributed by atoms with van der Waals surface area (Å²) in [5.74, 6) is -0.831. The third-order valence-electron chi connectivity index (χ3n) is 2.30. The summed E-state index contributed by atoms with van der Waals surface area (Å²) in [5.41, 5.74) is 0. The first-order chi connectivity index (χ1) is 5.73. The molecule has 0 bridgehead atoms. The zero-order valence-electron chi connectivity index (χ0n) is 7.32. The standard InChI is InChI=1S/C8H16O4/c1-8(11-4-5-12-8)7(6-10)2-3-9/h7,9-10H,2-6H2,1H3. The van der Waals surface area contributed by atoms with Crippen LogP contribution >= 0.6 is 0 Å². The number of ether oxygens (including phenoxy) is 2. The Bertz CT molecular complexity index is 131. The third kappa shape index (κ3) is 1.95. The van der Waals surface area contributed by atoms with E-state index in [2.05, 4.69) is 0 Å². The number of aliphatic hydroxyl groups excluding tert-OH is 2. The van der Waals surface area contributed by atoms with Crippen LogP contribution in [-0.4, -0.2) is 42.4 Å². The van der Waals surface area contributed by atoms with Crippen molar-refractivity contribution in [3.8, 4) is 0 Å². The highest BCUT2D eigenvalue weighted by Crippen LogP contribution is 2.29. The lowest BCUT2D eigenvalue weighted by Gasteiger charge is -2.30. The minimum atomic E-state index is -0.697. The Kier molecular flexibility index (Phi) is 3.46. The third-order valence-corrected chi connectivity index (χ3v) is 2.30. The van der Waals surface area contributed by atoms with Crippen molar-refractivity contribution in [2.45, 2.75) is 19.1 Å². The summed E-state index contributed by atoms with van der Waals surface area (Å²) in [5, 5.41) is 17.7. The summed E-state index contributed by atoms with van der Waals surface area (Å²) in [7, 11) is 0. The van der Waals surface area contributed by atoms with Gasteiger partial charge in [-0.2, -0.15) is 0 Å². The highest BCUT2D eigenvalue weighted by atomic mass is 16.7. The molecule has 1 unspecified atom stereocenters. The summed E-state index contributed by atoms with van der Waals surface area (Å²) in [6.07, 6.45) is 0.507. The Morgan fingerprint density at radius 1 is 1.33 bits per heavy atom. The molecule has 1 aliphatic rings. The van der Waals surface area contributed by atoms with E-state index in [1.165, 1.54) is 0 Å². The Hall–Kier alpha value is -0.160. The van der Waals surface area contributed by atoms with Crippen molar-refractivity contribution in [1.82, 2.24) is 0 Å². The lowest BCUT2D eigenvalue weighted by atomic mass is 9.98. The van der Waals surface area contributed by atoms with Crippen LogP contribution in [-0.2, 0) is 9.47 Å². The molecule has 72 valence electrons. The molecule has 0 radical (unpaired) electrons. The lowest BCUT2D eigenvalue weighted by Crippen LogP contribution is -2.38. The molecule has 0 saturated carbocycles. The molecule has 0 aromatic rings. The molecule has 0 aromatic heterocycles. The Balaban J connectivity index is 2.50. The van der Waals surface area contributed by atoms with Gasteiger partial charge in [0, 0.05) is 12.5 Å². The molecule has 0 spiro atoms. The molecule has 2 N–H and O–H groups in total. The van der Waals surface area contributed by atoms with Gasteiger partial charge in [-0.05, 0) is 13.3 Å². The van der Waals surface area contributed by atoms with E-state index in [1.807, 2.05) is 0 Å². The van der Waals surface area contributed by atoms with E-state index in [0.717, 1.165) is 0 Å². The van der Waals surface area contributed by atoms with Crippen LogP contribution in [0.1, 0.15) is 13.3 Å². The molecule has 1 heterocycles. The van der Waals surface area contributed by atoms with Gasteiger partial charge in [0.15, 0.2) is 5.79 Å². The van der Waals surface area contributed by atoms with Gasteiger partial charge in [0.05, 0.1) is 19.8 Å². The maximum Gasteiger partial charge on any atom is 0.170 e. The number of hydrogen-bond acceptors (Lipinski definition) is 4. The predicted octanol–water partition coefficient (Wildman–Crippen LogP) is -0.260. The predicted molar refractivity (Wildman–Crippen MR) is 42.6 cm³/mol. The van der Waals surface area contributed by atoms with Crippen LogP contribution in [0.15, 0.2) is 0 Å². The quantitative estimate of drug-likeness (QED) is 0.619. The first-order valence-corrected chi connectivity index (χ1v) is 4.22. The zero-order chi connectivity index (χ0) is 9.03. The summed E-state index contributed by atoms with van der Waals surface area (Å²) in [6.45, 7) is 2.97. The SMILES string of the molecule is CC1(C(CO)CCO)OCCO1. The van der Waals surface area contributed by atoms with Crippen LogP contribution in [0.2, 0.25) is 0 Å². The van der Waals surface area contributed by atoms with Crippen molar-refractivity contribution in [3.05, 3.63) is 0 Å². The van der Waals surface area contributed by atoms with Crippen molar-refractivity contribution in [2.24, 2.45) is 5.92 Å². The van der Waals surface area contributed by atoms with Gasteiger partial charge < -0.3 is 19.7 Å². The lowest BCUT2D eigenvalue weighted by molar-refractivity contribution is -0.192. The fraction of sp³-hybridized carbons (Fsp3) is 1.00. The molecule has 0 amide bonds. The maximum atomic E-state index is 9.01. The Labute approximate surface area is 72.1 Å². The molecule has 4 heteroatoms. The monoisotopic (exact) mass is 176 g/mol. The van der Waals surface area contributed by atoms with Crippen molar-refractivity contribution in [1.29, 1.82) is 0 Å². The van der Waals surface area contributed by atoms with E-state index in [1.54, 1.807) is 6.92 Å². The average molecular weight is 176 g/mol. The average Bonchev–Trinajstić information content (AvgIpc) is 2.49.